The van der Waals surface area contributed by atoms with E-state index in [1.807, 2.05) is 11.6 Å². The number of pyridine rings is 1. The molecule has 1 aliphatic rings. The van der Waals surface area contributed by atoms with Crippen molar-refractivity contribution in [2.24, 2.45) is 0 Å². The molecule has 1 aliphatic heterocycles. The van der Waals surface area contributed by atoms with Gasteiger partial charge in [-0.1, -0.05) is 0 Å². The van der Waals surface area contributed by atoms with E-state index in [4.69, 9.17) is 0 Å². The van der Waals surface area contributed by atoms with Gasteiger partial charge in [-0.2, -0.15) is 5.10 Å². The number of hydrogen-bond acceptors (Lipinski definition) is 5. The van der Waals surface area contributed by atoms with E-state index in [1.54, 1.807) is 0 Å². The molecule has 0 amide bonds. The van der Waals surface area contributed by atoms with Crippen LogP contribution in [0.25, 0.3) is 0 Å². The molecular weight excluding hydrogens is 299 g/mol. The number of aryl methyl sites for hydroxylation is 2. The first kappa shape index (κ1) is 14.6. The van der Waals surface area contributed by atoms with Crippen LogP contribution in [0.15, 0.2) is 18.3 Å². The van der Waals surface area contributed by atoms with Crippen LogP contribution in [0.5, 0.6) is 5.75 Å². The molecule has 0 saturated heterocycles. The predicted octanol–water partition coefficient (Wildman–Crippen LogP) is 2.83. The number of halogens is 3. The summed E-state index contributed by atoms with van der Waals surface area (Å²) in [4.78, 5) is 8.33. The summed E-state index contributed by atoms with van der Waals surface area (Å²) in [7, 11) is 0. The molecule has 2 aromatic heterocycles. The summed E-state index contributed by atoms with van der Waals surface area (Å²) < 4.78 is 41.9. The SMILES string of the molecule is Cc1nc2n(n1)CCCC2Nc1ccc(OC(F)(F)F)cn1. The molecule has 0 aromatic carbocycles. The van der Waals surface area contributed by atoms with Gasteiger partial charge in [0.15, 0.2) is 0 Å². The van der Waals surface area contributed by atoms with E-state index in [9.17, 15) is 13.2 Å². The first-order valence-electron chi connectivity index (χ1n) is 6.80. The number of ether oxygens (including phenoxy) is 1. The number of fused-ring (bicyclic) bond motifs is 1. The molecule has 2 aromatic rings. The normalized spacial score (nSPS) is 17.9. The highest BCUT2D eigenvalue weighted by molar-refractivity contribution is 5.39. The highest BCUT2D eigenvalue weighted by atomic mass is 19.4. The van der Waals surface area contributed by atoms with Crippen LogP contribution in [-0.2, 0) is 6.54 Å². The Morgan fingerprint density at radius 3 is 2.86 bits per heavy atom. The van der Waals surface area contributed by atoms with Crippen molar-refractivity contribution in [1.29, 1.82) is 0 Å². The molecule has 0 bridgehead atoms. The lowest BCUT2D eigenvalue weighted by Crippen LogP contribution is -2.23. The number of aromatic nitrogens is 4. The molecule has 3 heterocycles. The van der Waals surface area contributed by atoms with Crippen molar-refractivity contribution in [3.05, 3.63) is 30.0 Å². The second-order valence-corrected chi connectivity index (χ2v) is 5.01. The minimum Gasteiger partial charge on any atom is -0.404 e. The van der Waals surface area contributed by atoms with Crippen molar-refractivity contribution < 1.29 is 17.9 Å². The van der Waals surface area contributed by atoms with E-state index in [0.717, 1.165) is 31.4 Å². The highest BCUT2D eigenvalue weighted by Crippen LogP contribution is 2.28. The molecule has 118 valence electrons. The van der Waals surface area contributed by atoms with Gasteiger partial charge in [-0.3, -0.25) is 0 Å². The van der Waals surface area contributed by atoms with Crippen LogP contribution in [-0.4, -0.2) is 26.1 Å². The fourth-order valence-electron chi connectivity index (χ4n) is 2.44. The maximum absolute atomic E-state index is 12.1. The number of hydrogen-bond donors (Lipinski definition) is 1. The molecule has 6 nitrogen and oxygen atoms in total. The smallest absolute Gasteiger partial charge is 0.404 e. The highest BCUT2D eigenvalue weighted by Gasteiger charge is 2.31. The van der Waals surface area contributed by atoms with Gasteiger partial charge in [0.05, 0.1) is 12.2 Å². The van der Waals surface area contributed by atoms with Gasteiger partial charge < -0.3 is 10.1 Å². The fourth-order valence-corrected chi connectivity index (χ4v) is 2.44. The van der Waals surface area contributed by atoms with E-state index in [1.165, 1.54) is 12.1 Å². The number of alkyl halides is 3. The Morgan fingerprint density at radius 1 is 1.36 bits per heavy atom. The summed E-state index contributed by atoms with van der Waals surface area (Å²) in [5, 5.41) is 7.47. The Kier molecular flexibility index (Phi) is 3.63. The van der Waals surface area contributed by atoms with Crippen molar-refractivity contribution in [3.8, 4) is 5.75 Å². The molecule has 0 fully saturated rings. The monoisotopic (exact) mass is 313 g/mol. The Bertz CT molecular complexity index is 653. The van der Waals surface area contributed by atoms with Crippen LogP contribution < -0.4 is 10.1 Å². The molecule has 0 radical (unpaired) electrons. The Morgan fingerprint density at radius 2 is 2.18 bits per heavy atom. The lowest BCUT2D eigenvalue weighted by atomic mass is 10.1. The van der Waals surface area contributed by atoms with Gasteiger partial charge in [0, 0.05) is 6.54 Å². The van der Waals surface area contributed by atoms with Crippen molar-refractivity contribution >= 4 is 5.82 Å². The third-order valence-corrected chi connectivity index (χ3v) is 3.27. The fraction of sp³-hybridized carbons (Fsp3) is 0.462. The number of anilines is 1. The minimum atomic E-state index is -4.71. The van der Waals surface area contributed by atoms with E-state index < -0.39 is 6.36 Å². The molecule has 0 spiro atoms. The molecule has 0 saturated carbocycles. The molecule has 1 atom stereocenters. The van der Waals surface area contributed by atoms with Crippen LogP contribution in [0.4, 0.5) is 19.0 Å². The van der Waals surface area contributed by atoms with E-state index in [2.05, 4.69) is 25.1 Å². The van der Waals surface area contributed by atoms with Crippen LogP contribution in [0.3, 0.4) is 0 Å². The zero-order chi connectivity index (χ0) is 15.7. The molecule has 22 heavy (non-hydrogen) atoms. The van der Waals surface area contributed by atoms with Crippen LogP contribution in [0, 0.1) is 6.92 Å². The Labute approximate surface area is 124 Å². The van der Waals surface area contributed by atoms with E-state index in [0.29, 0.717) is 11.6 Å². The largest absolute Gasteiger partial charge is 0.573 e. The van der Waals surface area contributed by atoms with Crippen molar-refractivity contribution in [1.82, 2.24) is 19.7 Å². The topological polar surface area (TPSA) is 64.9 Å². The zero-order valence-corrected chi connectivity index (χ0v) is 11.8. The van der Waals surface area contributed by atoms with Crippen molar-refractivity contribution in [2.45, 2.75) is 38.7 Å². The standard InChI is InChI=1S/C13H14F3N5O/c1-8-18-12-10(3-2-6-21(12)20-8)19-11-5-4-9(7-17-11)22-13(14,15)16/h4-5,7,10H,2-3,6H2,1H3,(H,17,19). The molecule has 1 unspecified atom stereocenters. The first-order valence-corrected chi connectivity index (χ1v) is 6.80. The third-order valence-electron chi connectivity index (χ3n) is 3.27. The minimum absolute atomic E-state index is 0.0585. The van der Waals surface area contributed by atoms with Gasteiger partial charge in [-0.25, -0.2) is 14.6 Å². The predicted molar refractivity (Wildman–Crippen MR) is 71.3 cm³/mol. The molecule has 9 heteroatoms. The van der Waals surface area contributed by atoms with Crippen molar-refractivity contribution in [3.63, 3.8) is 0 Å². The Hall–Kier alpha value is -2.32. The van der Waals surface area contributed by atoms with Crippen LogP contribution in [0.1, 0.15) is 30.5 Å². The van der Waals surface area contributed by atoms with Gasteiger partial charge in [0.2, 0.25) is 0 Å². The summed E-state index contributed by atoms with van der Waals surface area (Å²) in [6.45, 7) is 2.64. The van der Waals surface area contributed by atoms with Gasteiger partial charge in [-0.15, -0.1) is 13.2 Å². The Balaban J connectivity index is 1.71. The number of nitrogens with one attached hydrogen (secondary N) is 1. The average molecular weight is 313 g/mol. The second kappa shape index (κ2) is 5.47. The third kappa shape index (κ3) is 3.29. The maximum Gasteiger partial charge on any atom is 0.573 e. The summed E-state index contributed by atoms with van der Waals surface area (Å²) in [6.07, 6.45) is -1.87. The van der Waals surface area contributed by atoms with Gasteiger partial charge in [-0.05, 0) is 31.9 Å². The van der Waals surface area contributed by atoms with E-state index in [-0.39, 0.29) is 11.8 Å². The van der Waals surface area contributed by atoms with Crippen LogP contribution >= 0.6 is 0 Å². The van der Waals surface area contributed by atoms with E-state index >= 15 is 0 Å². The summed E-state index contributed by atoms with van der Waals surface area (Å²) >= 11 is 0. The zero-order valence-electron chi connectivity index (χ0n) is 11.8. The second-order valence-electron chi connectivity index (χ2n) is 5.01. The molecule has 3 rings (SSSR count). The average Bonchev–Trinajstić information content (AvgIpc) is 2.81. The first-order chi connectivity index (χ1) is 10.4. The number of rotatable bonds is 3. The van der Waals surface area contributed by atoms with Gasteiger partial charge in [0.1, 0.15) is 23.2 Å². The number of nitrogens with zero attached hydrogens (tertiary/aromatic N) is 4. The summed E-state index contributed by atoms with van der Waals surface area (Å²) in [5.41, 5.74) is 0. The molecule has 0 aliphatic carbocycles. The van der Waals surface area contributed by atoms with Crippen molar-refractivity contribution in [2.75, 3.05) is 5.32 Å². The lowest BCUT2D eigenvalue weighted by molar-refractivity contribution is -0.274. The molecule has 1 N–H and O–H groups in total. The lowest BCUT2D eigenvalue weighted by Gasteiger charge is -2.23. The van der Waals surface area contributed by atoms with Crippen LogP contribution in [0.2, 0.25) is 0 Å². The maximum atomic E-state index is 12.1. The van der Waals surface area contributed by atoms with Gasteiger partial charge >= 0.3 is 6.36 Å². The summed E-state index contributed by atoms with van der Waals surface area (Å²) in [5.74, 6) is 1.64. The quantitative estimate of drug-likeness (QED) is 0.944. The molecular formula is C13H14F3N5O. The van der Waals surface area contributed by atoms with Gasteiger partial charge in [0.25, 0.3) is 0 Å². The summed E-state index contributed by atoms with van der Waals surface area (Å²) in [6, 6.07) is 2.61.